The van der Waals surface area contributed by atoms with Gasteiger partial charge in [-0.1, -0.05) is 48.5 Å². The van der Waals surface area contributed by atoms with Crippen LogP contribution in [0.1, 0.15) is 77.1 Å². The van der Waals surface area contributed by atoms with Crippen LogP contribution in [0.4, 0.5) is 0 Å². The maximum absolute atomic E-state index is 12.2. The molecule has 2 amide bonds. The van der Waals surface area contributed by atoms with Gasteiger partial charge in [-0.3, -0.25) is 14.8 Å². The third kappa shape index (κ3) is 9.91. The average Bonchev–Trinajstić information content (AvgIpc) is 3.05. The number of hydrogen-bond donors (Lipinski definition) is 5. The first-order chi connectivity index (χ1) is 20.8. The van der Waals surface area contributed by atoms with Gasteiger partial charge in [-0.05, 0) is 53.8 Å². The van der Waals surface area contributed by atoms with Crippen molar-refractivity contribution in [3.63, 3.8) is 0 Å². The van der Waals surface area contributed by atoms with Gasteiger partial charge in [0.05, 0.1) is 24.4 Å². The maximum Gasteiger partial charge on any atom is 0.335 e. The number of hydrogen-bond acceptors (Lipinski definition) is 8. The van der Waals surface area contributed by atoms with E-state index in [1.807, 2.05) is 48.5 Å². The van der Waals surface area contributed by atoms with Crippen molar-refractivity contribution < 1.29 is 39.3 Å². The van der Waals surface area contributed by atoms with Gasteiger partial charge in [-0.2, -0.15) is 0 Å². The van der Waals surface area contributed by atoms with E-state index in [1.54, 1.807) is 41.5 Å². The second-order valence-corrected chi connectivity index (χ2v) is 11.3. The van der Waals surface area contributed by atoms with Crippen molar-refractivity contribution >= 4 is 29.5 Å². The Bertz CT molecular complexity index is 1350. The van der Waals surface area contributed by atoms with Gasteiger partial charge < -0.3 is 25.0 Å². The van der Waals surface area contributed by atoms with Crippen LogP contribution in [0, 0.1) is 0 Å². The highest BCUT2D eigenvalue weighted by Gasteiger charge is 2.32. The summed E-state index contributed by atoms with van der Waals surface area (Å²) in [6, 6.07) is 22.1. The van der Waals surface area contributed by atoms with Crippen LogP contribution in [0.25, 0.3) is 0 Å². The number of thioether (sulfide) groups is 1. The van der Waals surface area contributed by atoms with Crippen LogP contribution in [0.3, 0.4) is 0 Å². The van der Waals surface area contributed by atoms with E-state index in [9.17, 15) is 19.5 Å². The zero-order chi connectivity index (χ0) is 30.6. The van der Waals surface area contributed by atoms with Gasteiger partial charge in [0.1, 0.15) is 0 Å². The molecule has 0 aromatic heterocycles. The molecule has 0 saturated carbocycles. The molecule has 0 aliphatic carbocycles. The van der Waals surface area contributed by atoms with Crippen LogP contribution < -0.4 is 10.8 Å². The van der Waals surface area contributed by atoms with E-state index in [1.165, 1.54) is 0 Å². The summed E-state index contributed by atoms with van der Waals surface area (Å²) in [4.78, 5) is 35.3. The molecule has 1 heterocycles. The van der Waals surface area contributed by atoms with Gasteiger partial charge in [0.2, 0.25) is 11.8 Å². The van der Waals surface area contributed by atoms with Crippen molar-refractivity contribution in [3.05, 3.63) is 101 Å². The standard InChI is InChI=1S/C32H36N2O8S/c35-19-22-7-9-23(10-8-22)28-17-26(20-43-27-15-13-24(14-16-27)31(38)39)41-32(42-28)25-11-5-21(6-12-25)18-33-29(36)3-1-2-4-30(37)34-40/h5-16,26,28,32,35,40H,1-4,17-20H2,(H,33,36)(H,34,37)(H,38,39). The highest BCUT2D eigenvalue weighted by Crippen LogP contribution is 2.39. The van der Waals surface area contributed by atoms with Crippen molar-refractivity contribution in [2.45, 2.75) is 68.6 Å². The first-order valence-corrected chi connectivity index (χ1v) is 15.1. The summed E-state index contributed by atoms with van der Waals surface area (Å²) in [5.41, 5.74) is 5.39. The second-order valence-electron chi connectivity index (χ2n) is 10.3. The number of nitrogens with one attached hydrogen (secondary N) is 2. The molecular formula is C32H36N2O8S. The lowest BCUT2D eigenvalue weighted by molar-refractivity contribution is -0.245. The summed E-state index contributed by atoms with van der Waals surface area (Å²) in [5, 5.41) is 30.0. The first kappa shape index (κ1) is 32.2. The van der Waals surface area contributed by atoms with Crippen molar-refractivity contribution in [2.24, 2.45) is 0 Å². The summed E-state index contributed by atoms with van der Waals surface area (Å²) < 4.78 is 12.8. The summed E-state index contributed by atoms with van der Waals surface area (Å²) >= 11 is 1.59. The number of amides is 2. The van der Waals surface area contributed by atoms with Crippen LogP contribution in [0.15, 0.2) is 77.7 Å². The Morgan fingerprint density at radius 1 is 0.814 bits per heavy atom. The molecule has 3 unspecified atom stereocenters. The Morgan fingerprint density at radius 2 is 1.44 bits per heavy atom. The van der Waals surface area contributed by atoms with Crippen molar-refractivity contribution in [1.29, 1.82) is 0 Å². The molecule has 10 nitrogen and oxygen atoms in total. The fourth-order valence-corrected chi connectivity index (χ4v) is 5.54. The van der Waals surface area contributed by atoms with Crippen molar-refractivity contribution in [2.75, 3.05) is 5.75 Å². The molecule has 4 rings (SSSR count). The van der Waals surface area contributed by atoms with E-state index in [2.05, 4.69) is 5.32 Å². The van der Waals surface area contributed by atoms with Crippen molar-refractivity contribution in [1.82, 2.24) is 10.8 Å². The molecule has 3 atom stereocenters. The number of carbonyl (C=O) groups is 3. The minimum Gasteiger partial charge on any atom is -0.478 e. The number of aliphatic hydroxyl groups excluding tert-OH is 1. The molecular weight excluding hydrogens is 572 g/mol. The van der Waals surface area contributed by atoms with Crippen LogP contribution in [-0.4, -0.2) is 45.1 Å². The second kappa shape index (κ2) is 16.2. The average molecular weight is 609 g/mol. The lowest BCUT2D eigenvalue weighted by atomic mass is 10.0. The van der Waals surface area contributed by atoms with Crippen LogP contribution in [0.2, 0.25) is 0 Å². The minimum absolute atomic E-state index is 0.0341. The Labute approximate surface area is 254 Å². The maximum atomic E-state index is 12.2. The van der Waals surface area contributed by atoms with Crippen LogP contribution in [0.5, 0.6) is 0 Å². The molecule has 5 N–H and O–H groups in total. The third-order valence-corrected chi connectivity index (χ3v) is 8.22. The molecule has 0 spiro atoms. The minimum atomic E-state index is -0.961. The normalized spacial score (nSPS) is 18.1. The fourth-order valence-electron chi connectivity index (χ4n) is 4.61. The van der Waals surface area contributed by atoms with E-state index in [0.29, 0.717) is 38.0 Å². The Kier molecular flexibility index (Phi) is 12.1. The third-order valence-electron chi connectivity index (χ3n) is 7.08. The largest absolute Gasteiger partial charge is 0.478 e. The van der Waals surface area contributed by atoms with E-state index in [-0.39, 0.29) is 36.7 Å². The van der Waals surface area contributed by atoms with Gasteiger partial charge >= 0.3 is 5.97 Å². The predicted molar refractivity (Wildman–Crippen MR) is 159 cm³/mol. The summed E-state index contributed by atoms with van der Waals surface area (Å²) in [7, 11) is 0. The van der Waals surface area contributed by atoms with Gasteiger partial charge in [-0.25, -0.2) is 10.3 Å². The zero-order valence-corrected chi connectivity index (χ0v) is 24.4. The molecule has 228 valence electrons. The number of benzene rings is 3. The smallest absolute Gasteiger partial charge is 0.335 e. The summed E-state index contributed by atoms with van der Waals surface area (Å²) in [6.45, 7) is 0.329. The number of aromatic carboxylic acids is 1. The summed E-state index contributed by atoms with van der Waals surface area (Å²) in [6.07, 6.45) is 1.17. The highest BCUT2D eigenvalue weighted by atomic mass is 32.2. The van der Waals surface area contributed by atoms with E-state index in [4.69, 9.17) is 19.8 Å². The molecule has 0 radical (unpaired) electrons. The van der Waals surface area contributed by atoms with Crippen LogP contribution >= 0.6 is 11.8 Å². The number of carboxylic acid groups (broad SMARTS) is 1. The molecule has 1 saturated heterocycles. The Balaban J connectivity index is 1.37. The summed E-state index contributed by atoms with van der Waals surface area (Å²) in [5.74, 6) is -0.889. The lowest BCUT2D eigenvalue weighted by Gasteiger charge is -2.36. The number of rotatable bonds is 14. The van der Waals surface area contributed by atoms with Gasteiger partial charge in [0, 0.05) is 42.0 Å². The van der Waals surface area contributed by atoms with Gasteiger partial charge in [-0.15, -0.1) is 11.8 Å². The van der Waals surface area contributed by atoms with Crippen LogP contribution in [-0.2, 0) is 32.2 Å². The monoisotopic (exact) mass is 608 g/mol. The van der Waals surface area contributed by atoms with Gasteiger partial charge in [0.25, 0.3) is 0 Å². The molecule has 3 aromatic rings. The molecule has 1 aliphatic rings. The molecule has 1 aliphatic heterocycles. The number of hydroxylamine groups is 1. The molecule has 1 fully saturated rings. The number of ether oxygens (including phenoxy) is 2. The first-order valence-electron chi connectivity index (χ1n) is 14.1. The Morgan fingerprint density at radius 3 is 2.07 bits per heavy atom. The van der Waals surface area contributed by atoms with E-state index >= 15 is 0 Å². The topological polar surface area (TPSA) is 154 Å². The lowest BCUT2D eigenvalue weighted by Crippen LogP contribution is -2.31. The SMILES string of the molecule is O=C(CCCCC(=O)NCc1ccc(C2OC(CSc3ccc(C(=O)O)cc3)CC(c3ccc(CO)cc3)O2)cc1)NO. The van der Waals surface area contributed by atoms with E-state index in [0.717, 1.165) is 27.1 Å². The van der Waals surface area contributed by atoms with Crippen molar-refractivity contribution in [3.8, 4) is 0 Å². The molecule has 43 heavy (non-hydrogen) atoms. The molecule has 0 bridgehead atoms. The number of aliphatic hydroxyl groups is 1. The van der Waals surface area contributed by atoms with Gasteiger partial charge in [0.15, 0.2) is 6.29 Å². The Hall–Kier alpha value is -3.74. The highest BCUT2D eigenvalue weighted by molar-refractivity contribution is 7.99. The molecule has 3 aromatic carbocycles. The fraction of sp³-hybridized carbons (Fsp3) is 0.344. The number of unbranched alkanes of at least 4 members (excludes halogenated alkanes) is 1. The number of carbonyl (C=O) groups excluding carboxylic acids is 2. The molecule has 11 heteroatoms. The zero-order valence-electron chi connectivity index (χ0n) is 23.6. The predicted octanol–water partition coefficient (Wildman–Crippen LogP) is 4.90. The van der Waals surface area contributed by atoms with E-state index < -0.39 is 18.2 Å². The number of carboxylic acids is 1. The quantitative estimate of drug-likeness (QED) is 0.0744.